The standard InChI is InChI=1S/C19H17FN6OS/c1-12-8-17(26-19(23-12)21-11-22-26)24-4-6-25(7-5-24)18(27)16-10-13-9-14(20)2-3-15(13)28-16/h2-3,8-11H,4-7H2,1H3. The second-order valence-electron chi connectivity index (χ2n) is 6.80. The Bertz CT molecular complexity index is 1190. The Morgan fingerprint density at radius 3 is 2.79 bits per heavy atom. The summed E-state index contributed by atoms with van der Waals surface area (Å²) in [6.45, 7) is 4.55. The molecule has 28 heavy (non-hydrogen) atoms. The lowest BCUT2D eigenvalue weighted by molar-refractivity contribution is 0.0751. The lowest BCUT2D eigenvalue weighted by Gasteiger charge is -2.35. The maximum Gasteiger partial charge on any atom is 0.264 e. The fourth-order valence-corrected chi connectivity index (χ4v) is 4.56. The number of fused-ring (bicyclic) bond motifs is 2. The van der Waals surface area contributed by atoms with Gasteiger partial charge in [0, 0.05) is 42.6 Å². The molecule has 142 valence electrons. The van der Waals surface area contributed by atoms with Gasteiger partial charge in [0.2, 0.25) is 0 Å². The molecule has 0 radical (unpaired) electrons. The zero-order valence-corrected chi connectivity index (χ0v) is 16.0. The van der Waals surface area contributed by atoms with Crippen LogP contribution in [0.1, 0.15) is 15.4 Å². The summed E-state index contributed by atoms with van der Waals surface area (Å²) in [5.74, 6) is 1.22. The van der Waals surface area contributed by atoms with Gasteiger partial charge in [-0.05, 0) is 36.6 Å². The van der Waals surface area contributed by atoms with E-state index in [0.717, 1.165) is 21.6 Å². The Morgan fingerprint density at radius 1 is 1.14 bits per heavy atom. The van der Waals surface area contributed by atoms with Crippen LogP contribution in [0, 0.1) is 12.7 Å². The molecular formula is C19H17FN6OS. The van der Waals surface area contributed by atoms with Crippen LogP contribution in [0.2, 0.25) is 0 Å². The minimum Gasteiger partial charge on any atom is -0.353 e. The summed E-state index contributed by atoms with van der Waals surface area (Å²) < 4.78 is 16.1. The monoisotopic (exact) mass is 396 g/mol. The number of halogens is 1. The highest BCUT2D eigenvalue weighted by atomic mass is 32.1. The van der Waals surface area contributed by atoms with E-state index in [1.807, 2.05) is 17.9 Å². The number of amides is 1. The number of anilines is 1. The number of benzene rings is 1. The lowest BCUT2D eigenvalue weighted by Crippen LogP contribution is -2.49. The van der Waals surface area contributed by atoms with Gasteiger partial charge in [0.05, 0.1) is 4.88 Å². The van der Waals surface area contributed by atoms with Crippen molar-refractivity contribution in [2.45, 2.75) is 6.92 Å². The molecule has 0 N–H and O–H groups in total. The minimum atomic E-state index is -0.287. The van der Waals surface area contributed by atoms with Gasteiger partial charge in [0.25, 0.3) is 11.7 Å². The zero-order valence-electron chi connectivity index (χ0n) is 15.2. The van der Waals surface area contributed by atoms with Crippen LogP contribution in [0.25, 0.3) is 15.9 Å². The van der Waals surface area contributed by atoms with Gasteiger partial charge < -0.3 is 9.80 Å². The van der Waals surface area contributed by atoms with Crippen molar-refractivity contribution in [3.8, 4) is 0 Å². The highest BCUT2D eigenvalue weighted by Crippen LogP contribution is 2.28. The van der Waals surface area contributed by atoms with Crippen LogP contribution < -0.4 is 4.90 Å². The van der Waals surface area contributed by atoms with Gasteiger partial charge in [-0.2, -0.15) is 14.6 Å². The van der Waals surface area contributed by atoms with E-state index in [1.165, 1.54) is 29.8 Å². The maximum absolute atomic E-state index is 13.4. The van der Waals surface area contributed by atoms with Gasteiger partial charge in [-0.25, -0.2) is 9.37 Å². The third-order valence-corrected chi connectivity index (χ3v) is 6.05. The molecule has 0 spiro atoms. The summed E-state index contributed by atoms with van der Waals surface area (Å²) in [5.41, 5.74) is 0.881. The first-order valence-electron chi connectivity index (χ1n) is 8.99. The number of nitrogens with zero attached hydrogens (tertiary/aromatic N) is 6. The number of hydrogen-bond acceptors (Lipinski definition) is 6. The van der Waals surface area contributed by atoms with Gasteiger partial charge >= 0.3 is 0 Å². The van der Waals surface area contributed by atoms with E-state index in [2.05, 4.69) is 20.0 Å². The molecular weight excluding hydrogens is 379 g/mol. The zero-order chi connectivity index (χ0) is 19.3. The van der Waals surface area contributed by atoms with Crippen LogP contribution in [0.5, 0.6) is 0 Å². The predicted molar refractivity (Wildman–Crippen MR) is 105 cm³/mol. The van der Waals surface area contributed by atoms with Crippen LogP contribution in [0.3, 0.4) is 0 Å². The molecule has 0 aliphatic carbocycles. The normalized spacial score (nSPS) is 14.9. The topological polar surface area (TPSA) is 66.6 Å². The van der Waals surface area contributed by atoms with Crippen molar-refractivity contribution in [3.63, 3.8) is 0 Å². The second kappa shape index (κ2) is 6.52. The number of hydrogen-bond donors (Lipinski definition) is 0. The van der Waals surface area contributed by atoms with Gasteiger partial charge in [0.1, 0.15) is 18.0 Å². The third-order valence-electron chi connectivity index (χ3n) is 4.94. The SMILES string of the molecule is Cc1cc(N2CCN(C(=O)c3cc4cc(F)ccc4s3)CC2)n2ncnc2n1. The van der Waals surface area contributed by atoms with Gasteiger partial charge in [-0.15, -0.1) is 11.3 Å². The van der Waals surface area contributed by atoms with Gasteiger partial charge in [-0.1, -0.05) is 0 Å². The molecule has 3 aromatic heterocycles. The smallest absolute Gasteiger partial charge is 0.264 e. The van der Waals surface area contributed by atoms with E-state index < -0.39 is 0 Å². The second-order valence-corrected chi connectivity index (χ2v) is 7.88. The van der Waals surface area contributed by atoms with Crippen LogP contribution in [0.15, 0.2) is 36.7 Å². The Labute approximate surface area is 164 Å². The number of thiophene rings is 1. The summed E-state index contributed by atoms with van der Waals surface area (Å²) in [6.07, 6.45) is 1.50. The molecule has 1 saturated heterocycles. The fraction of sp³-hybridized carbons (Fsp3) is 0.263. The van der Waals surface area contributed by atoms with Crippen molar-refractivity contribution in [2.75, 3.05) is 31.1 Å². The Balaban J connectivity index is 1.34. The van der Waals surface area contributed by atoms with E-state index in [1.54, 1.807) is 16.6 Å². The van der Waals surface area contributed by atoms with Crippen LogP contribution in [-0.2, 0) is 0 Å². The minimum absolute atomic E-state index is 0.00179. The van der Waals surface area contributed by atoms with Crippen molar-refractivity contribution in [2.24, 2.45) is 0 Å². The summed E-state index contributed by atoms with van der Waals surface area (Å²) >= 11 is 1.41. The molecule has 1 amide bonds. The molecule has 7 nitrogen and oxygen atoms in total. The van der Waals surface area contributed by atoms with Gasteiger partial charge in [-0.3, -0.25) is 4.79 Å². The fourth-order valence-electron chi connectivity index (χ4n) is 3.55. The number of aromatic nitrogens is 4. The number of rotatable bonds is 2. The largest absolute Gasteiger partial charge is 0.353 e. The van der Waals surface area contributed by atoms with Crippen molar-refractivity contribution < 1.29 is 9.18 Å². The molecule has 1 aliphatic rings. The predicted octanol–water partition coefficient (Wildman–Crippen LogP) is 2.75. The van der Waals surface area contributed by atoms with E-state index in [-0.39, 0.29) is 11.7 Å². The Hall–Kier alpha value is -3.07. The molecule has 4 heterocycles. The molecule has 0 atom stereocenters. The van der Waals surface area contributed by atoms with E-state index in [9.17, 15) is 9.18 Å². The molecule has 0 saturated carbocycles. The van der Waals surface area contributed by atoms with Crippen molar-refractivity contribution in [1.82, 2.24) is 24.5 Å². The summed E-state index contributed by atoms with van der Waals surface area (Å²) in [4.78, 5) is 26.1. The number of carbonyl (C=O) groups is 1. The number of carbonyl (C=O) groups excluding carboxylic acids is 1. The molecule has 1 fully saturated rings. The van der Waals surface area contributed by atoms with Crippen LogP contribution in [0.4, 0.5) is 10.2 Å². The molecule has 0 unspecified atom stereocenters. The number of aryl methyl sites for hydroxylation is 1. The molecule has 9 heteroatoms. The lowest BCUT2D eigenvalue weighted by atomic mass is 10.2. The van der Waals surface area contributed by atoms with Crippen LogP contribution >= 0.6 is 11.3 Å². The molecule has 1 aromatic carbocycles. The number of piperazine rings is 1. The molecule has 5 rings (SSSR count). The highest BCUT2D eigenvalue weighted by molar-refractivity contribution is 7.20. The molecule has 4 aromatic rings. The maximum atomic E-state index is 13.4. The Morgan fingerprint density at radius 2 is 1.96 bits per heavy atom. The van der Waals surface area contributed by atoms with E-state index in [0.29, 0.717) is 36.8 Å². The van der Waals surface area contributed by atoms with Crippen molar-refractivity contribution in [1.29, 1.82) is 0 Å². The quantitative estimate of drug-likeness (QED) is 0.521. The molecule has 0 bridgehead atoms. The average Bonchev–Trinajstić information content (AvgIpc) is 3.33. The highest BCUT2D eigenvalue weighted by Gasteiger charge is 2.25. The third kappa shape index (κ3) is 2.88. The van der Waals surface area contributed by atoms with Crippen molar-refractivity contribution >= 4 is 38.9 Å². The summed E-state index contributed by atoms with van der Waals surface area (Å²) in [6, 6.07) is 8.38. The average molecular weight is 396 g/mol. The first-order chi connectivity index (χ1) is 13.6. The Kier molecular flexibility index (Phi) is 3.97. The van der Waals surface area contributed by atoms with E-state index in [4.69, 9.17) is 0 Å². The first kappa shape index (κ1) is 17.1. The first-order valence-corrected chi connectivity index (χ1v) is 9.81. The van der Waals surface area contributed by atoms with Crippen LogP contribution in [-0.4, -0.2) is 56.6 Å². The summed E-state index contributed by atoms with van der Waals surface area (Å²) in [7, 11) is 0. The van der Waals surface area contributed by atoms with Gasteiger partial charge in [0.15, 0.2) is 0 Å². The van der Waals surface area contributed by atoms with Crippen molar-refractivity contribution in [3.05, 3.63) is 53.0 Å². The molecule has 1 aliphatic heterocycles. The summed E-state index contributed by atoms with van der Waals surface area (Å²) in [5, 5.41) is 5.03. The van der Waals surface area contributed by atoms with E-state index >= 15 is 0 Å².